The summed E-state index contributed by atoms with van der Waals surface area (Å²) < 4.78 is 0.667. The van der Waals surface area contributed by atoms with Crippen molar-refractivity contribution >= 4 is 23.0 Å². The summed E-state index contributed by atoms with van der Waals surface area (Å²) in [7, 11) is 0. The number of hydrogen-bond donors (Lipinski definition) is 0. The van der Waals surface area contributed by atoms with Crippen molar-refractivity contribution in [3.8, 4) is 0 Å². The van der Waals surface area contributed by atoms with E-state index in [-0.39, 0.29) is 5.48 Å². The molecule has 0 spiro atoms. The molecule has 0 heterocycles. The number of hydrogen-bond acceptors (Lipinski definition) is 1. The molecule has 25 heavy (non-hydrogen) atoms. The Bertz CT molecular complexity index is 400. The maximum atomic E-state index is 2.43. The molecule has 0 saturated carbocycles. The molecule has 2 heteroatoms. The fourth-order valence-corrected chi connectivity index (χ4v) is 4.87. The first-order valence-corrected chi connectivity index (χ1v) is 12.6. The van der Waals surface area contributed by atoms with Gasteiger partial charge in [-0.25, -0.2) is 0 Å². The van der Waals surface area contributed by atoms with E-state index >= 15 is 0 Å². The first-order valence-electron chi connectivity index (χ1n) is 10.6. The van der Waals surface area contributed by atoms with Crippen molar-refractivity contribution in [3.63, 3.8) is 0 Å². The Morgan fingerprint density at radius 2 is 1.32 bits per heavy atom. The Hall–Kier alpha value is -0.00182. The average molecular weight is 457 g/mol. The molecule has 0 aliphatic carbocycles. The summed E-state index contributed by atoms with van der Waals surface area (Å²) >= 11 is 1.07. The van der Waals surface area contributed by atoms with Crippen LogP contribution in [0.5, 0.6) is 0 Å². The van der Waals surface area contributed by atoms with E-state index in [0.717, 1.165) is 28.9 Å². The fraction of sp³-hybridized carbons (Fsp3) is 0.739. The van der Waals surface area contributed by atoms with Crippen LogP contribution >= 0.6 is 0 Å². The van der Waals surface area contributed by atoms with Crippen molar-refractivity contribution in [2.75, 3.05) is 0 Å². The summed E-state index contributed by atoms with van der Waals surface area (Å²) in [5.74, 6) is 0.904. The van der Waals surface area contributed by atoms with Crippen molar-refractivity contribution in [2.45, 2.75) is 101 Å². The van der Waals surface area contributed by atoms with Crippen molar-refractivity contribution in [2.24, 2.45) is 5.92 Å². The van der Waals surface area contributed by atoms with Crippen LogP contribution < -0.4 is 0 Å². The van der Waals surface area contributed by atoms with E-state index in [1.54, 1.807) is 5.56 Å². The summed E-state index contributed by atoms with van der Waals surface area (Å²) in [6.07, 6.45) is 17.0. The molecule has 1 atom stereocenters. The van der Waals surface area contributed by atoms with Gasteiger partial charge in [-0.05, 0) is 0 Å². The van der Waals surface area contributed by atoms with Gasteiger partial charge in [0.15, 0.2) is 0 Å². The maximum absolute atomic E-state index is 2.43. The maximum Gasteiger partial charge on any atom is -0.870 e. The van der Waals surface area contributed by atoms with Crippen LogP contribution in [-0.4, -0.2) is 28.5 Å². The molecule has 0 bridgehead atoms. The van der Waals surface area contributed by atoms with E-state index in [0.29, 0.717) is 3.36 Å². The third-order valence-electron chi connectivity index (χ3n) is 6.01. The van der Waals surface area contributed by atoms with E-state index < -0.39 is 0 Å². The van der Waals surface area contributed by atoms with Crippen LogP contribution in [-0.2, 0) is 6.42 Å². The van der Waals surface area contributed by atoms with E-state index in [1.165, 1.54) is 77.0 Å². The Labute approximate surface area is 171 Å². The predicted molar refractivity (Wildman–Crippen MR) is 116 cm³/mol. The first kappa shape index (κ1) is 25.0. The van der Waals surface area contributed by atoms with Crippen LogP contribution in [0.25, 0.3) is 0 Å². The van der Waals surface area contributed by atoms with Crippen LogP contribution in [0.1, 0.15) is 97.0 Å². The van der Waals surface area contributed by atoms with Gasteiger partial charge in [0.25, 0.3) is 0 Å². The molecule has 1 nitrogen and oxygen atoms in total. The summed E-state index contributed by atoms with van der Waals surface area (Å²) in [6.45, 7) is 7.15. The molecule has 0 aliphatic heterocycles. The number of benzene rings is 1. The summed E-state index contributed by atoms with van der Waals surface area (Å²) in [5.41, 5.74) is 1.55. The van der Waals surface area contributed by atoms with Gasteiger partial charge >= 0.3 is 166 Å². The Morgan fingerprint density at radius 3 is 1.84 bits per heavy atom. The third kappa shape index (κ3) is 10.0. The normalized spacial score (nSPS) is 12.8. The largest absolute Gasteiger partial charge is 0.870 e. The van der Waals surface area contributed by atoms with E-state index in [2.05, 4.69) is 51.1 Å². The van der Waals surface area contributed by atoms with Gasteiger partial charge < -0.3 is 5.48 Å². The standard InChI is InChI=1S/C23H39.H2O.Sb.3H/c1-4-7-8-9-10-11-12-16-19-23(22(5-2)6-3)20-21-17-14-13-15-18-21;;;;;/h13-15,17-18,23H,4-12,16,19-20H2,1-3H3;1H2;;;;/q;;+1;;;/p-1. The molecular weight excluding hydrogens is 414 g/mol. The van der Waals surface area contributed by atoms with Gasteiger partial charge in [-0.3, -0.25) is 0 Å². The van der Waals surface area contributed by atoms with Crippen molar-refractivity contribution in [1.82, 2.24) is 0 Å². The topological polar surface area (TPSA) is 30.0 Å². The van der Waals surface area contributed by atoms with Crippen molar-refractivity contribution < 1.29 is 5.48 Å². The predicted octanol–water partition coefficient (Wildman–Crippen LogP) is 6.54. The molecule has 1 aromatic carbocycles. The molecule has 146 valence electrons. The van der Waals surface area contributed by atoms with Crippen LogP contribution in [0.4, 0.5) is 0 Å². The summed E-state index contributed by atoms with van der Waals surface area (Å²) in [5, 5.41) is 0. The molecule has 0 saturated heterocycles. The van der Waals surface area contributed by atoms with Crippen LogP contribution in [0.3, 0.4) is 0 Å². The van der Waals surface area contributed by atoms with Gasteiger partial charge in [-0.2, -0.15) is 0 Å². The first-order chi connectivity index (χ1) is 11.7. The second kappa shape index (κ2) is 15.1. The van der Waals surface area contributed by atoms with Crippen LogP contribution in [0.15, 0.2) is 30.3 Å². The Kier molecular flexibility index (Phi) is 15.1. The summed E-state index contributed by atoms with van der Waals surface area (Å²) in [6, 6.07) is 11.2. The minimum absolute atomic E-state index is 0. The molecule has 0 aromatic heterocycles. The SMILES string of the molecule is CCCCCCCCCCC(Cc1ccccc1)[C]([SbH3+])(CC)CC.[OH-]. The zero-order valence-electron chi connectivity index (χ0n) is 17.1. The molecule has 1 N–H and O–H groups in total. The van der Waals surface area contributed by atoms with Crippen molar-refractivity contribution in [3.05, 3.63) is 35.9 Å². The summed E-state index contributed by atoms with van der Waals surface area (Å²) in [4.78, 5) is 0. The van der Waals surface area contributed by atoms with Gasteiger partial charge in [0.1, 0.15) is 0 Å². The molecular formula is C23H43OSb. The Morgan fingerprint density at radius 1 is 0.800 bits per heavy atom. The van der Waals surface area contributed by atoms with E-state index in [9.17, 15) is 0 Å². The molecule has 1 unspecified atom stereocenters. The molecule has 1 aromatic rings. The molecule has 0 radical (unpaired) electrons. The monoisotopic (exact) mass is 456 g/mol. The third-order valence-corrected chi connectivity index (χ3v) is 10.5. The molecule has 0 aliphatic rings. The number of unbranched alkanes of at least 4 members (excludes halogenated alkanes) is 7. The molecule has 0 fully saturated rings. The van der Waals surface area contributed by atoms with Gasteiger partial charge in [0.05, 0.1) is 0 Å². The minimum Gasteiger partial charge on any atom is -0.870 e. The van der Waals surface area contributed by atoms with Crippen molar-refractivity contribution in [1.29, 1.82) is 0 Å². The van der Waals surface area contributed by atoms with E-state index in [1.807, 2.05) is 0 Å². The van der Waals surface area contributed by atoms with Crippen LogP contribution in [0, 0.1) is 5.92 Å². The minimum atomic E-state index is 0. The van der Waals surface area contributed by atoms with Gasteiger partial charge in [0, 0.05) is 0 Å². The molecule has 0 amide bonds. The quantitative estimate of drug-likeness (QED) is 0.230. The number of rotatable bonds is 14. The zero-order valence-corrected chi connectivity index (χ0v) is 21.1. The Balaban J connectivity index is 0.00000576. The van der Waals surface area contributed by atoms with Crippen LogP contribution in [0.2, 0.25) is 3.36 Å². The smallest absolute Gasteiger partial charge is 0.870 e. The fourth-order valence-electron chi connectivity index (χ4n) is 3.88. The van der Waals surface area contributed by atoms with Gasteiger partial charge in [-0.1, -0.05) is 0 Å². The second-order valence-electron chi connectivity index (χ2n) is 7.72. The van der Waals surface area contributed by atoms with Gasteiger partial charge in [-0.15, -0.1) is 0 Å². The van der Waals surface area contributed by atoms with Gasteiger partial charge in [0.2, 0.25) is 0 Å². The molecule has 1 rings (SSSR count). The zero-order chi connectivity index (χ0) is 17.7. The second-order valence-corrected chi connectivity index (χ2v) is 11.7. The average Bonchev–Trinajstić information content (AvgIpc) is 2.63. The van der Waals surface area contributed by atoms with E-state index in [4.69, 9.17) is 0 Å².